The van der Waals surface area contributed by atoms with Crippen molar-refractivity contribution in [3.05, 3.63) is 29.3 Å². The summed E-state index contributed by atoms with van der Waals surface area (Å²) in [6.07, 6.45) is 0. The molecule has 1 aromatic rings. The van der Waals surface area contributed by atoms with E-state index in [1.165, 1.54) is 13.2 Å². The van der Waals surface area contributed by atoms with Crippen molar-refractivity contribution in [1.82, 2.24) is 0 Å². The van der Waals surface area contributed by atoms with Gasteiger partial charge in [-0.15, -0.1) is 0 Å². The van der Waals surface area contributed by atoms with Gasteiger partial charge in [-0.3, -0.25) is 0 Å². The van der Waals surface area contributed by atoms with Crippen molar-refractivity contribution in [2.75, 3.05) is 13.7 Å². The van der Waals surface area contributed by atoms with Crippen molar-refractivity contribution in [2.24, 2.45) is 0 Å². The molecular weight excluding hydrogens is 246 g/mol. The average molecular weight is 261 g/mol. The van der Waals surface area contributed by atoms with Gasteiger partial charge in [0.15, 0.2) is 11.5 Å². The maximum atomic E-state index is 11.6. The Balaban J connectivity index is 3.26. The van der Waals surface area contributed by atoms with Crippen LogP contribution in [0.2, 0.25) is 0 Å². The molecule has 0 atom stereocenters. The van der Waals surface area contributed by atoms with Gasteiger partial charge in [-0.2, -0.15) is 5.26 Å². The molecule has 1 N–H and O–H groups in total. The van der Waals surface area contributed by atoms with Crippen molar-refractivity contribution < 1.29 is 19.4 Å². The van der Waals surface area contributed by atoms with Crippen molar-refractivity contribution in [2.45, 2.75) is 13.8 Å². The fourth-order valence-corrected chi connectivity index (χ4v) is 1.54. The lowest BCUT2D eigenvalue weighted by molar-refractivity contribution is -0.137. The number of hydrogen-bond acceptors (Lipinski definition) is 5. The van der Waals surface area contributed by atoms with Crippen LogP contribution in [0.1, 0.15) is 19.4 Å². The van der Waals surface area contributed by atoms with E-state index in [4.69, 9.17) is 14.7 Å². The van der Waals surface area contributed by atoms with Crippen LogP contribution in [0.5, 0.6) is 11.5 Å². The Morgan fingerprint density at radius 2 is 2.16 bits per heavy atom. The Morgan fingerprint density at radius 1 is 1.47 bits per heavy atom. The summed E-state index contributed by atoms with van der Waals surface area (Å²) in [6.45, 7) is 3.52. The van der Waals surface area contributed by atoms with Crippen LogP contribution in [0, 0.1) is 11.3 Å². The summed E-state index contributed by atoms with van der Waals surface area (Å²) in [5, 5.41) is 18.6. The molecule has 0 saturated carbocycles. The monoisotopic (exact) mass is 261 g/mol. The number of phenols is 1. The van der Waals surface area contributed by atoms with E-state index >= 15 is 0 Å². The van der Waals surface area contributed by atoms with E-state index in [2.05, 4.69) is 0 Å². The van der Waals surface area contributed by atoms with Gasteiger partial charge in [0.25, 0.3) is 0 Å². The second-order valence-electron chi connectivity index (χ2n) is 3.72. The minimum atomic E-state index is -0.658. The number of rotatable bonds is 4. The first-order valence-corrected chi connectivity index (χ1v) is 5.70. The molecule has 100 valence electrons. The highest BCUT2D eigenvalue weighted by molar-refractivity contribution is 6.01. The van der Waals surface area contributed by atoms with Crippen LogP contribution in [0.15, 0.2) is 23.8 Å². The third-order valence-electron chi connectivity index (χ3n) is 2.58. The summed E-state index contributed by atoms with van der Waals surface area (Å²) >= 11 is 0. The first kappa shape index (κ1) is 14.6. The van der Waals surface area contributed by atoms with E-state index in [9.17, 15) is 9.90 Å². The van der Waals surface area contributed by atoms with E-state index in [1.807, 2.05) is 6.07 Å². The topological polar surface area (TPSA) is 79.6 Å². The number of nitriles is 1. The number of allylic oxidation sites excluding steroid dienone is 1. The zero-order valence-corrected chi connectivity index (χ0v) is 11.1. The van der Waals surface area contributed by atoms with E-state index < -0.39 is 5.97 Å². The number of carbonyl (C=O) groups is 1. The van der Waals surface area contributed by atoms with Gasteiger partial charge in [0.05, 0.1) is 13.7 Å². The summed E-state index contributed by atoms with van der Waals surface area (Å²) in [4.78, 5) is 11.6. The largest absolute Gasteiger partial charge is 0.504 e. The van der Waals surface area contributed by atoms with Crippen molar-refractivity contribution >= 4 is 11.5 Å². The van der Waals surface area contributed by atoms with Gasteiger partial charge in [-0.1, -0.05) is 6.07 Å². The number of benzene rings is 1. The van der Waals surface area contributed by atoms with Gasteiger partial charge in [0, 0.05) is 0 Å². The zero-order valence-electron chi connectivity index (χ0n) is 11.1. The second-order valence-corrected chi connectivity index (χ2v) is 3.72. The van der Waals surface area contributed by atoms with Gasteiger partial charge in [0.1, 0.15) is 11.6 Å². The van der Waals surface area contributed by atoms with Crippen molar-refractivity contribution in [1.29, 1.82) is 5.26 Å². The third kappa shape index (κ3) is 3.26. The summed E-state index contributed by atoms with van der Waals surface area (Å²) in [5.41, 5.74) is 1.02. The minimum absolute atomic E-state index is 0.00584. The lowest BCUT2D eigenvalue weighted by Gasteiger charge is -2.08. The molecule has 0 bridgehead atoms. The molecule has 5 heteroatoms. The zero-order chi connectivity index (χ0) is 14.4. The average Bonchev–Trinajstić information content (AvgIpc) is 2.40. The smallest absolute Gasteiger partial charge is 0.349 e. The molecule has 0 aromatic heterocycles. The van der Waals surface area contributed by atoms with Crippen molar-refractivity contribution in [3.63, 3.8) is 0 Å². The quantitative estimate of drug-likeness (QED) is 0.511. The lowest BCUT2D eigenvalue weighted by atomic mass is 10.0. The second kappa shape index (κ2) is 6.45. The molecule has 0 radical (unpaired) electrons. The Labute approximate surface area is 111 Å². The van der Waals surface area contributed by atoms with Crippen LogP contribution in [0.4, 0.5) is 0 Å². The molecule has 0 aliphatic rings. The van der Waals surface area contributed by atoms with Crippen LogP contribution >= 0.6 is 0 Å². The van der Waals surface area contributed by atoms with E-state index in [1.54, 1.807) is 26.0 Å². The van der Waals surface area contributed by atoms with Crippen LogP contribution in [-0.2, 0) is 9.53 Å². The Bertz CT molecular complexity index is 555. The molecule has 0 amide bonds. The third-order valence-corrected chi connectivity index (χ3v) is 2.58. The molecule has 0 aliphatic heterocycles. The number of carbonyl (C=O) groups excluding carboxylic acids is 1. The minimum Gasteiger partial charge on any atom is -0.504 e. The van der Waals surface area contributed by atoms with Gasteiger partial charge in [-0.05, 0) is 37.1 Å². The molecule has 0 saturated heterocycles. The number of ether oxygens (including phenoxy) is 2. The SMILES string of the molecule is CCOC(=O)/C(C#N)=C(\C)c1ccc(O)c(OC)c1. The molecule has 0 spiro atoms. The Kier molecular flexibility index (Phi) is 4.95. The van der Waals surface area contributed by atoms with Gasteiger partial charge < -0.3 is 14.6 Å². The molecule has 0 fully saturated rings. The lowest BCUT2D eigenvalue weighted by Crippen LogP contribution is -2.08. The first-order chi connectivity index (χ1) is 9.04. The van der Waals surface area contributed by atoms with E-state index in [0.717, 1.165) is 0 Å². The molecule has 0 heterocycles. The van der Waals surface area contributed by atoms with Gasteiger partial charge >= 0.3 is 5.97 Å². The van der Waals surface area contributed by atoms with E-state index in [-0.39, 0.29) is 23.7 Å². The molecule has 5 nitrogen and oxygen atoms in total. The number of esters is 1. The van der Waals surface area contributed by atoms with Crippen LogP contribution in [-0.4, -0.2) is 24.8 Å². The van der Waals surface area contributed by atoms with Gasteiger partial charge in [0.2, 0.25) is 0 Å². The first-order valence-electron chi connectivity index (χ1n) is 5.70. The number of hydrogen-bond donors (Lipinski definition) is 1. The number of phenolic OH excluding ortho intramolecular Hbond substituents is 1. The molecule has 0 aliphatic carbocycles. The maximum Gasteiger partial charge on any atom is 0.349 e. The Hall–Kier alpha value is -2.48. The normalized spacial score (nSPS) is 11.3. The fraction of sp³-hybridized carbons (Fsp3) is 0.286. The van der Waals surface area contributed by atoms with Crippen LogP contribution in [0.3, 0.4) is 0 Å². The number of aromatic hydroxyl groups is 1. The summed E-state index contributed by atoms with van der Waals surface area (Å²) in [6, 6.07) is 6.44. The van der Waals surface area contributed by atoms with Crippen LogP contribution < -0.4 is 4.74 Å². The number of methoxy groups -OCH3 is 1. The highest BCUT2D eigenvalue weighted by atomic mass is 16.5. The molecule has 1 rings (SSSR count). The predicted molar refractivity (Wildman–Crippen MR) is 69.5 cm³/mol. The molecule has 1 aromatic carbocycles. The standard InChI is InChI=1S/C14H15NO4/c1-4-19-14(17)11(8-15)9(2)10-5-6-12(16)13(7-10)18-3/h5-7,16H,4H2,1-3H3/b11-9+. The predicted octanol–water partition coefficient (Wildman–Crippen LogP) is 2.26. The molecule has 0 unspecified atom stereocenters. The highest BCUT2D eigenvalue weighted by Crippen LogP contribution is 2.30. The molecular formula is C14H15NO4. The maximum absolute atomic E-state index is 11.6. The Morgan fingerprint density at radius 3 is 2.68 bits per heavy atom. The number of nitrogens with zero attached hydrogens (tertiary/aromatic N) is 1. The summed E-state index contributed by atoms with van der Waals surface area (Å²) in [7, 11) is 1.43. The van der Waals surface area contributed by atoms with E-state index in [0.29, 0.717) is 11.1 Å². The summed E-state index contributed by atoms with van der Waals surface area (Å²) < 4.78 is 9.80. The van der Waals surface area contributed by atoms with Gasteiger partial charge in [-0.25, -0.2) is 4.79 Å². The van der Waals surface area contributed by atoms with Crippen molar-refractivity contribution in [3.8, 4) is 17.6 Å². The molecule has 19 heavy (non-hydrogen) atoms. The highest BCUT2D eigenvalue weighted by Gasteiger charge is 2.15. The summed E-state index contributed by atoms with van der Waals surface area (Å²) in [5.74, 6) is -0.388. The van der Waals surface area contributed by atoms with Crippen LogP contribution in [0.25, 0.3) is 5.57 Å². The fourth-order valence-electron chi connectivity index (χ4n) is 1.54.